The Morgan fingerprint density at radius 1 is 1.11 bits per heavy atom. The van der Waals surface area contributed by atoms with Crippen molar-refractivity contribution in [3.8, 4) is 0 Å². The summed E-state index contributed by atoms with van der Waals surface area (Å²) >= 11 is 0. The van der Waals surface area contributed by atoms with Gasteiger partial charge < -0.3 is 10.2 Å². The number of nitrogens with one attached hydrogen (secondary N) is 1. The number of nitrogens with zero attached hydrogens (tertiary/aromatic N) is 2. The first-order valence-electron chi connectivity index (χ1n) is 7.74. The van der Waals surface area contributed by atoms with Crippen LogP contribution >= 0.6 is 0 Å². The molecule has 1 saturated heterocycles. The van der Waals surface area contributed by atoms with E-state index in [4.69, 9.17) is 0 Å². The lowest BCUT2D eigenvalue weighted by molar-refractivity contribution is 0.0801. The number of hydrogen-bond donors (Lipinski definition) is 1. The molecule has 1 N–H and O–H groups in total. The largest absolute Gasteiger partial charge is 0.313 e. The fourth-order valence-corrected chi connectivity index (χ4v) is 3.10. The van der Waals surface area contributed by atoms with Crippen molar-refractivity contribution in [2.24, 2.45) is 5.92 Å². The first-order chi connectivity index (χ1) is 8.62. The molecule has 1 heterocycles. The maximum atomic E-state index is 3.73. The predicted molar refractivity (Wildman–Crippen MR) is 80.1 cm³/mol. The van der Waals surface area contributed by atoms with Crippen molar-refractivity contribution < 1.29 is 0 Å². The molecule has 18 heavy (non-hydrogen) atoms. The first-order valence-corrected chi connectivity index (χ1v) is 7.74. The summed E-state index contributed by atoms with van der Waals surface area (Å²) in [5.74, 6) is 0.870. The summed E-state index contributed by atoms with van der Waals surface area (Å²) in [7, 11) is 4.54. The van der Waals surface area contributed by atoms with Crippen LogP contribution in [-0.4, -0.2) is 62.2 Å². The normalized spacial score (nSPS) is 24.7. The average molecular weight is 255 g/mol. The van der Waals surface area contributed by atoms with E-state index in [1.807, 2.05) is 0 Å². The van der Waals surface area contributed by atoms with Crippen molar-refractivity contribution in [2.45, 2.75) is 52.1 Å². The molecule has 1 aliphatic rings. The summed E-state index contributed by atoms with van der Waals surface area (Å²) in [5.41, 5.74) is 0. The topological polar surface area (TPSA) is 18.5 Å². The Morgan fingerprint density at radius 3 is 2.33 bits per heavy atom. The second kappa shape index (κ2) is 8.13. The molecule has 1 rings (SSSR count). The fourth-order valence-electron chi connectivity index (χ4n) is 3.10. The van der Waals surface area contributed by atoms with Gasteiger partial charge in [0.25, 0.3) is 0 Å². The minimum Gasteiger partial charge on any atom is -0.313 e. The van der Waals surface area contributed by atoms with E-state index in [1.165, 1.54) is 38.9 Å². The molecule has 0 radical (unpaired) electrons. The summed E-state index contributed by atoms with van der Waals surface area (Å²) in [4.78, 5) is 5.03. The highest BCUT2D eigenvalue weighted by Crippen LogP contribution is 2.20. The summed E-state index contributed by atoms with van der Waals surface area (Å²) in [6, 6.07) is 1.32. The Balaban J connectivity index is 2.63. The molecule has 0 amide bonds. The standard InChI is InChI=1S/C15H33N3/c1-6-13(7-2)11-14(16-8-3)15-12-17(4)9-10-18(15)5/h13-16H,6-12H2,1-5H3. The van der Waals surface area contributed by atoms with E-state index >= 15 is 0 Å². The SMILES string of the molecule is CCNC(CC(CC)CC)C1CN(C)CCN1C. The van der Waals surface area contributed by atoms with Crippen LogP contribution in [0.25, 0.3) is 0 Å². The third-order valence-corrected chi connectivity index (χ3v) is 4.57. The van der Waals surface area contributed by atoms with Crippen molar-refractivity contribution in [1.82, 2.24) is 15.1 Å². The van der Waals surface area contributed by atoms with Crippen molar-refractivity contribution >= 4 is 0 Å². The van der Waals surface area contributed by atoms with Gasteiger partial charge in [0.1, 0.15) is 0 Å². The van der Waals surface area contributed by atoms with Crippen LogP contribution in [0.1, 0.15) is 40.0 Å². The zero-order valence-electron chi connectivity index (χ0n) is 13.1. The molecule has 0 saturated carbocycles. The lowest BCUT2D eigenvalue weighted by Crippen LogP contribution is -2.59. The van der Waals surface area contributed by atoms with E-state index in [0.717, 1.165) is 12.5 Å². The van der Waals surface area contributed by atoms with Crippen LogP contribution in [0.5, 0.6) is 0 Å². The number of piperazine rings is 1. The van der Waals surface area contributed by atoms with Gasteiger partial charge in [-0.05, 0) is 33.0 Å². The molecule has 0 bridgehead atoms. The molecule has 2 atom stereocenters. The van der Waals surface area contributed by atoms with Crippen molar-refractivity contribution in [2.75, 3.05) is 40.3 Å². The van der Waals surface area contributed by atoms with Crippen LogP contribution in [0.3, 0.4) is 0 Å². The molecule has 1 aliphatic heterocycles. The van der Waals surface area contributed by atoms with E-state index < -0.39 is 0 Å². The van der Waals surface area contributed by atoms with Gasteiger partial charge in [-0.15, -0.1) is 0 Å². The Hall–Kier alpha value is -0.120. The van der Waals surface area contributed by atoms with E-state index in [0.29, 0.717) is 12.1 Å². The van der Waals surface area contributed by atoms with Crippen LogP contribution in [0, 0.1) is 5.92 Å². The van der Waals surface area contributed by atoms with Gasteiger partial charge >= 0.3 is 0 Å². The van der Waals surface area contributed by atoms with E-state index in [2.05, 4.69) is 50.0 Å². The van der Waals surface area contributed by atoms with Gasteiger partial charge in [-0.2, -0.15) is 0 Å². The molecule has 0 spiro atoms. The summed E-state index contributed by atoms with van der Waals surface area (Å²) in [5, 5.41) is 3.73. The second-order valence-corrected chi connectivity index (χ2v) is 5.89. The molecule has 0 aromatic heterocycles. The number of likely N-dealkylation sites (N-methyl/N-ethyl adjacent to an activating group) is 3. The Kier molecular flexibility index (Phi) is 7.20. The van der Waals surface area contributed by atoms with Crippen molar-refractivity contribution in [3.63, 3.8) is 0 Å². The number of rotatable bonds is 7. The minimum atomic E-state index is 0.646. The third-order valence-electron chi connectivity index (χ3n) is 4.57. The second-order valence-electron chi connectivity index (χ2n) is 5.89. The summed E-state index contributed by atoms with van der Waals surface area (Å²) in [6.07, 6.45) is 3.94. The molecule has 0 aromatic carbocycles. The average Bonchev–Trinajstić information content (AvgIpc) is 2.37. The van der Waals surface area contributed by atoms with Gasteiger partial charge in [-0.25, -0.2) is 0 Å². The fraction of sp³-hybridized carbons (Fsp3) is 1.00. The van der Waals surface area contributed by atoms with Gasteiger partial charge in [-0.1, -0.05) is 33.6 Å². The van der Waals surface area contributed by atoms with Gasteiger partial charge in [0.15, 0.2) is 0 Å². The quantitative estimate of drug-likeness (QED) is 0.751. The van der Waals surface area contributed by atoms with Crippen LogP contribution < -0.4 is 5.32 Å². The molecule has 3 heteroatoms. The Labute approximate surface area is 114 Å². The van der Waals surface area contributed by atoms with E-state index in [1.54, 1.807) is 0 Å². The highest BCUT2D eigenvalue weighted by atomic mass is 15.3. The molecule has 0 aliphatic carbocycles. The molecular weight excluding hydrogens is 222 g/mol. The first kappa shape index (κ1) is 15.9. The van der Waals surface area contributed by atoms with E-state index in [9.17, 15) is 0 Å². The molecule has 1 fully saturated rings. The Bertz CT molecular complexity index is 216. The predicted octanol–water partition coefficient (Wildman–Crippen LogP) is 2.04. The van der Waals surface area contributed by atoms with Crippen molar-refractivity contribution in [1.29, 1.82) is 0 Å². The lowest BCUT2D eigenvalue weighted by atomic mass is 9.89. The molecule has 2 unspecified atom stereocenters. The molecule has 0 aromatic rings. The van der Waals surface area contributed by atoms with Crippen molar-refractivity contribution in [3.05, 3.63) is 0 Å². The highest BCUT2D eigenvalue weighted by molar-refractivity contribution is 4.89. The smallest absolute Gasteiger partial charge is 0.0374 e. The molecular formula is C15H33N3. The van der Waals surface area contributed by atoms with Crippen LogP contribution in [0.15, 0.2) is 0 Å². The zero-order chi connectivity index (χ0) is 13.5. The van der Waals surface area contributed by atoms with Gasteiger partial charge in [0.05, 0.1) is 0 Å². The van der Waals surface area contributed by atoms with Crippen LogP contribution in [0.2, 0.25) is 0 Å². The summed E-state index contributed by atoms with van der Waals surface area (Å²) in [6.45, 7) is 11.6. The molecule has 3 nitrogen and oxygen atoms in total. The van der Waals surface area contributed by atoms with Gasteiger partial charge in [0.2, 0.25) is 0 Å². The lowest BCUT2D eigenvalue weighted by Gasteiger charge is -2.43. The van der Waals surface area contributed by atoms with Gasteiger partial charge in [0, 0.05) is 31.7 Å². The maximum absolute atomic E-state index is 3.73. The maximum Gasteiger partial charge on any atom is 0.0374 e. The van der Waals surface area contributed by atoms with E-state index in [-0.39, 0.29) is 0 Å². The zero-order valence-corrected chi connectivity index (χ0v) is 13.1. The third kappa shape index (κ3) is 4.52. The molecule has 108 valence electrons. The summed E-state index contributed by atoms with van der Waals surface area (Å²) < 4.78 is 0. The van der Waals surface area contributed by atoms with Crippen LogP contribution in [-0.2, 0) is 0 Å². The number of hydrogen-bond acceptors (Lipinski definition) is 3. The highest BCUT2D eigenvalue weighted by Gasteiger charge is 2.30. The Morgan fingerprint density at radius 2 is 1.78 bits per heavy atom. The minimum absolute atomic E-state index is 0.646. The monoisotopic (exact) mass is 255 g/mol. The van der Waals surface area contributed by atoms with Crippen LogP contribution in [0.4, 0.5) is 0 Å². The van der Waals surface area contributed by atoms with Gasteiger partial charge in [-0.3, -0.25) is 4.90 Å².